The largest absolute Gasteiger partial charge is 0.506 e. The molecule has 0 aliphatic carbocycles. The third-order valence-electron chi connectivity index (χ3n) is 3.98. The van der Waals surface area contributed by atoms with E-state index in [4.69, 9.17) is 5.26 Å². The lowest BCUT2D eigenvalue weighted by molar-refractivity contribution is -0.126. The number of rotatable bonds is 4. The van der Waals surface area contributed by atoms with Crippen molar-refractivity contribution in [3.63, 3.8) is 0 Å². The summed E-state index contributed by atoms with van der Waals surface area (Å²) in [5.74, 6) is -4.42. The van der Waals surface area contributed by atoms with E-state index in [1.807, 2.05) is 0 Å². The van der Waals surface area contributed by atoms with Gasteiger partial charge in [0.15, 0.2) is 17.1 Å². The van der Waals surface area contributed by atoms with Crippen molar-refractivity contribution in [1.29, 1.82) is 10.5 Å². The number of halogens is 2. The summed E-state index contributed by atoms with van der Waals surface area (Å²) in [6.45, 7) is 1.58. The number of hydrogen-bond acceptors (Lipinski definition) is 5. The summed E-state index contributed by atoms with van der Waals surface area (Å²) in [4.78, 5) is 13.6. The fraction of sp³-hybridized carbons (Fsp3) is 0.150. The lowest BCUT2D eigenvalue weighted by Gasteiger charge is -2.18. The molecule has 0 fully saturated rings. The van der Waals surface area contributed by atoms with Crippen LogP contribution in [0.15, 0.2) is 35.9 Å². The number of likely N-dealkylation sites (N-methyl/N-ethyl adjacent to an activating group) is 1. The van der Waals surface area contributed by atoms with Crippen LogP contribution < -0.4 is 0 Å². The number of carbonyl (C=O) groups is 1. The highest BCUT2D eigenvalue weighted by Crippen LogP contribution is 2.27. The van der Waals surface area contributed by atoms with E-state index < -0.39 is 40.2 Å². The van der Waals surface area contributed by atoms with Crippen molar-refractivity contribution in [2.24, 2.45) is 0 Å². The molecule has 2 aromatic rings. The number of aryl methyl sites for hydroxylation is 1. The molecule has 142 valence electrons. The Morgan fingerprint density at radius 1 is 1.18 bits per heavy atom. The zero-order valence-electron chi connectivity index (χ0n) is 15.0. The maximum absolute atomic E-state index is 13.9. The summed E-state index contributed by atoms with van der Waals surface area (Å²) in [7, 11) is 1.31. The molecule has 0 aromatic heterocycles. The van der Waals surface area contributed by atoms with Crippen molar-refractivity contribution < 1.29 is 23.8 Å². The zero-order chi connectivity index (χ0) is 21.0. The predicted molar refractivity (Wildman–Crippen MR) is 95.6 cm³/mol. The Balaban J connectivity index is 2.41. The summed E-state index contributed by atoms with van der Waals surface area (Å²) in [6.07, 6.45) is 0. The van der Waals surface area contributed by atoms with Gasteiger partial charge in [0, 0.05) is 24.7 Å². The van der Waals surface area contributed by atoms with E-state index in [1.54, 1.807) is 31.2 Å². The van der Waals surface area contributed by atoms with Gasteiger partial charge in [0.1, 0.15) is 23.7 Å². The minimum absolute atomic E-state index is 0.168. The maximum atomic E-state index is 13.9. The number of aliphatic hydroxyl groups is 1. The number of phenolic OH excluding ortho intramolecular Hbond substituents is 1. The fourth-order valence-corrected chi connectivity index (χ4v) is 2.51. The molecule has 28 heavy (non-hydrogen) atoms. The summed E-state index contributed by atoms with van der Waals surface area (Å²) < 4.78 is 27.6. The highest BCUT2D eigenvalue weighted by molar-refractivity contribution is 6.03. The Kier molecular flexibility index (Phi) is 5.97. The summed E-state index contributed by atoms with van der Waals surface area (Å²) in [5.41, 5.74) is -0.521. The van der Waals surface area contributed by atoms with E-state index in [2.05, 4.69) is 0 Å². The van der Waals surface area contributed by atoms with Gasteiger partial charge in [-0.3, -0.25) is 4.79 Å². The van der Waals surface area contributed by atoms with Crippen molar-refractivity contribution in [3.8, 4) is 17.9 Å². The lowest BCUT2D eigenvalue weighted by atomic mass is 10.0. The molecule has 2 N–H and O–H groups in total. The number of aromatic hydroxyl groups is 1. The van der Waals surface area contributed by atoms with Crippen LogP contribution in [-0.2, 0) is 11.3 Å². The second-order valence-electron chi connectivity index (χ2n) is 6.06. The van der Waals surface area contributed by atoms with E-state index in [0.29, 0.717) is 6.07 Å². The van der Waals surface area contributed by atoms with Crippen LogP contribution >= 0.6 is 0 Å². The summed E-state index contributed by atoms with van der Waals surface area (Å²) in [6, 6.07) is 9.08. The first-order valence-electron chi connectivity index (χ1n) is 7.96. The first kappa shape index (κ1) is 20.4. The molecule has 1 amide bonds. The minimum atomic E-state index is -1.19. The van der Waals surface area contributed by atoms with Gasteiger partial charge in [0.25, 0.3) is 5.91 Å². The number of amides is 1. The maximum Gasteiger partial charge on any atom is 0.268 e. The first-order chi connectivity index (χ1) is 13.2. The summed E-state index contributed by atoms with van der Waals surface area (Å²) in [5, 5.41) is 37.9. The van der Waals surface area contributed by atoms with Gasteiger partial charge in [-0.15, -0.1) is 0 Å². The minimum Gasteiger partial charge on any atom is -0.506 e. The zero-order valence-corrected chi connectivity index (χ0v) is 15.0. The number of hydrogen-bond donors (Lipinski definition) is 2. The molecule has 6 nitrogen and oxygen atoms in total. The number of phenols is 1. The van der Waals surface area contributed by atoms with Gasteiger partial charge in [-0.25, -0.2) is 8.78 Å². The molecule has 0 unspecified atom stereocenters. The molecule has 2 rings (SSSR count). The van der Waals surface area contributed by atoms with Gasteiger partial charge in [-0.05, 0) is 25.1 Å². The van der Waals surface area contributed by atoms with E-state index in [0.717, 1.165) is 16.5 Å². The molecule has 8 heteroatoms. The molecule has 0 aliphatic heterocycles. The van der Waals surface area contributed by atoms with Crippen molar-refractivity contribution in [3.05, 3.63) is 69.8 Å². The molecule has 0 radical (unpaired) electrons. The van der Waals surface area contributed by atoms with E-state index >= 15 is 0 Å². The van der Waals surface area contributed by atoms with Gasteiger partial charge in [0.05, 0.1) is 5.56 Å². The summed E-state index contributed by atoms with van der Waals surface area (Å²) >= 11 is 0. The van der Waals surface area contributed by atoms with Crippen LogP contribution in [0.1, 0.15) is 22.3 Å². The molecule has 0 atom stereocenters. The molecule has 0 saturated heterocycles. The molecular formula is C20H15F2N3O3. The highest BCUT2D eigenvalue weighted by atomic mass is 19.1. The number of nitriles is 2. The van der Waals surface area contributed by atoms with Crippen LogP contribution in [0.3, 0.4) is 0 Å². The van der Waals surface area contributed by atoms with Gasteiger partial charge in [-0.2, -0.15) is 10.5 Å². The average Bonchev–Trinajstić information content (AvgIpc) is 2.66. The number of nitrogens with zero attached hydrogens (tertiary/aromatic N) is 3. The third-order valence-corrected chi connectivity index (χ3v) is 3.98. The standard InChI is InChI=1S/C20H15F2N3O3/c1-11-3-4-16(21)14(5-11)10-25(2)20(28)15(9-24)18(26)12-6-13(8-23)19(27)17(22)7-12/h3-7,26-27H,10H2,1-2H3/b18-15-. The van der Waals surface area contributed by atoms with Crippen LogP contribution in [0.5, 0.6) is 5.75 Å². The number of benzene rings is 2. The Morgan fingerprint density at radius 2 is 1.86 bits per heavy atom. The number of aliphatic hydroxyl groups excluding tert-OH is 1. The SMILES string of the molecule is Cc1ccc(F)c(CN(C)C(=O)/C(C#N)=C(\O)c2cc(F)c(O)c(C#N)c2)c1. The van der Waals surface area contributed by atoms with E-state index in [9.17, 15) is 29.1 Å². The highest BCUT2D eigenvalue weighted by Gasteiger charge is 2.23. The van der Waals surface area contributed by atoms with Crippen LogP contribution in [0.2, 0.25) is 0 Å². The molecular weight excluding hydrogens is 368 g/mol. The second-order valence-corrected chi connectivity index (χ2v) is 6.06. The van der Waals surface area contributed by atoms with Crippen LogP contribution in [0.4, 0.5) is 8.78 Å². The van der Waals surface area contributed by atoms with Gasteiger partial charge in [-0.1, -0.05) is 17.7 Å². The van der Waals surface area contributed by atoms with Crippen molar-refractivity contribution >= 4 is 11.7 Å². The lowest BCUT2D eigenvalue weighted by Crippen LogP contribution is -2.28. The van der Waals surface area contributed by atoms with Gasteiger partial charge in [0.2, 0.25) is 0 Å². The average molecular weight is 383 g/mol. The Labute approximate surface area is 159 Å². The van der Waals surface area contributed by atoms with E-state index in [1.165, 1.54) is 13.1 Å². The smallest absolute Gasteiger partial charge is 0.268 e. The fourth-order valence-electron chi connectivity index (χ4n) is 2.51. The molecule has 0 spiro atoms. The Hall–Kier alpha value is -3.91. The Bertz CT molecular complexity index is 1070. The van der Waals surface area contributed by atoms with Gasteiger partial charge >= 0.3 is 0 Å². The van der Waals surface area contributed by atoms with E-state index in [-0.39, 0.29) is 17.7 Å². The quantitative estimate of drug-likeness (QED) is 0.478. The molecule has 0 heterocycles. The second kappa shape index (κ2) is 8.19. The predicted octanol–water partition coefficient (Wildman–Crippen LogP) is 3.30. The normalized spacial score (nSPS) is 11.2. The van der Waals surface area contributed by atoms with Crippen LogP contribution in [0, 0.1) is 41.2 Å². The van der Waals surface area contributed by atoms with Gasteiger partial charge < -0.3 is 15.1 Å². The van der Waals surface area contributed by atoms with Crippen molar-refractivity contribution in [1.82, 2.24) is 4.90 Å². The van der Waals surface area contributed by atoms with Crippen molar-refractivity contribution in [2.45, 2.75) is 13.5 Å². The Morgan fingerprint density at radius 3 is 2.46 bits per heavy atom. The third kappa shape index (κ3) is 4.08. The number of carbonyl (C=O) groups excluding carboxylic acids is 1. The molecule has 0 saturated carbocycles. The van der Waals surface area contributed by atoms with Crippen LogP contribution in [-0.4, -0.2) is 28.1 Å². The molecule has 0 bridgehead atoms. The molecule has 0 aliphatic rings. The first-order valence-corrected chi connectivity index (χ1v) is 7.96. The topological polar surface area (TPSA) is 108 Å². The van der Waals surface area contributed by atoms with Crippen molar-refractivity contribution in [2.75, 3.05) is 7.05 Å². The van der Waals surface area contributed by atoms with Crippen LogP contribution in [0.25, 0.3) is 5.76 Å². The monoisotopic (exact) mass is 383 g/mol. The molecule has 2 aromatic carbocycles.